The molecule has 1 aliphatic rings. The molecule has 0 unspecified atom stereocenters. The number of benzene rings is 1. The van der Waals surface area contributed by atoms with Crippen LogP contribution >= 0.6 is 0 Å². The number of esters is 1. The molecule has 2 heterocycles. The smallest absolute Gasteiger partial charge is 0.310 e. The van der Waals surface area contributed by atoms with Gasteiger partial charge in [0.05, 0.1) is 29.6 Å². The molecule has 1 fully saturated rings. The van der Waals surface area contributed by atoms with Gasteiger partial charge in [-0.2, -0.15) is 9.40 Å². The fourth-order valence-corrected chi connectivity index (χ4v) is 5.44. The van der Waals surface area contributed by atoms with Crippen molar-refractivity contribution < 1.29 is 17.9 Å². The molecule has 0 N–H and O–H groups in total. The molecule has 1 aliphatic heterocycles. The first kappa shape index (κ1) is 19.6. The van der Waals surface area contributed by atoms with Crippen LogP contribution in [0.15, 0.2) is 35.2 Å². The third-order valence-electron chi connectivity index (χ3n) is 4.83. The number of nitrogens with zero attached hydrogens (tertiary/aromatic N) is 3. The molecular weight excluding hydrogens is 366 g/mol. The second kappa shape index (κ2) is 7.82. The van der Waals surface area contributed by atoms with Crippen LogP contribution in [0.3, 0.4) is 0 Å². The lowest BCUT2D eigenvalue weighted by Gasteiger charge is -2.30. The maximum atomic E-state index is 13.3. The highest BCUT2D eigenvalue weighted by molar-refractivity contribution is 7.89. The number of piperidine rings is 1. The van der Waals surface area contributed by atoms with E-state index in [1.165, 1.54) is 4.31 Å². The number of carbonyl (C=O) groups excluding carboxylic acids is 1. The molecule has 1 aromatic carbocycles. The quantitative estimate of drug-likeness (QED) is 0.732. The number of aromatic nitrogens is 2. The van der Waals surface area contributed by atoms with Crippen molar-refractivity contribution in [2.75, 3.05) is 19.7 Å². The number of ether oxygens (including phenoxy) is 1. The second-order valence-corrected chi connectivity index (χ2v) is 8.58. The van der Waals surface area contributed by atoms with E-state index in [0.29, 0.717) is 37.4 Å². The lowest BCUT2D eigenvalue weighted by atomic mass is 10.0. The summed E-state index contributed by atoms with van der Waals surface area (Å²) in [5.41, 5.74) is 1.83. The van der Waals surface area contributed by atoms with Gasteiger partial charge in [0.15, 0.2) is 0 Å². The Hall–Kier alpha value is -2.19. The first-order valence-corrected chi connectivity index (χ1v) is 10.6. The van der Waals surface area contributed by atoms with E-state index in [1.54, 1.807) is 25.5 Å². The number of hydrogen-bond acceptors (Lipinski definition) is 5. The predicted octanol–water partition coefficient (Wildman–Crippen LogP) is 2.45. The van der Waals surface area contributed by atoms with E-state index in [1.807, 2.05) is 30.3 Å². The maximum Gasteiger partial charge on any atom is 0.310 e. The monoisotopic (exact) mass is 391 g/mol. The normalized spacial score (nSPS) is 18.4. The topological polar surface area (TPSA) is 81.5 Å². The third-order valence-corrected chi connectivity index (χ3v) is 6.95. The standard InChI is InChI=1S/C19H25N3O4S/c1-4-26-19(23)16-9-8-12-21(13-16)27(24,25)18-14(2)20-22(15(18)3)17-10-6-5-7-11-17/h5-7,10-11,16H,4,8-9,12-13H2,1-3H3/t16-/m1/s1. The summed E-state index contributed by atoms with van der Waals surface area (Å²) in [4.78, 5) is 12.3. The van der Waals surface area contributed by atoms with Gasteiger partial charge in [0.1, 0.15) is 4.90 Å². The molecule has 2 aromatic rings. The summed E-state index contributed by atoms with van der Waals surface area (Å²) >= 11 is 0. The van der Waals surface area contributed by atoms with E-state index in [0.717, 1.165) is 5.69 Å². The molecule has 1 saturated heterocycles. The van der Waals surface area contributed by atoms with Gasteiger partial charge < -0.3 is 4.74 Å². The molecule has 1 atom stereocenters. The van der Waals surface area contributed by atoms with Gasteiger partial charge in [-0.05, 0) is 45.7 Å². The van der Waals surface area contributed by atoms with Crippen molar-refractivity contribution >= 4 is 16.0 Å². The molecule has 3 rings (SSSR count). The molecule has 0 amide bonds. The third kappa shape index (κ3) is 3.77. The zero-order chi connectivity index (χ0) is 19.6. The molecule has 8 heteroatoms. The van der Waals surface area contributed by atoms with Crippen molar-refractivity contribution in [3.05, 3.63) is 41.7 Å². The van der Waals surface area contributed by atoms with E-state index < -0.39 is 15.9 Å². The van der Waals surface area contributed by atoms with E-state index in [4.69, 9.17) is 4.74 Å². The molecule has 0 bridgehead atoms. The summed E-state index contributed by atoms with van der Waals surface area (Å²) in [6.45, 7) is 6.05. The summed E-state index contributed by atoms with van der Waals surface area (Å²) in [7, 11) is -3.75. The average molecular weight is 391 g/mol. The molecule has 27 heavy (non-hydrogen) atoms. The Balaban J connectivity index is 1.93. The van der Waals surface area contributed by atoms with Gasteiger partial charge in [-0.25, -0.2) is 13.1 Å². The van der Waals surface area contributed by atoms with Crippen LogP contribution < -0.4 is 0 Å². The number of rotatable bonds is 5. The molecular formula is C19H25N3O4S. The highest BCUT2D eigenvalue weighted by Crippen LogP contribution is 2.29. The maximum absolute atomic E-state index is 13.3. The molecule has 7 nitrogen and oxygen atoms in total. The number of hydrogen-bond donors (Lipinski definition) is 0. The SMILES string of the molecule is CCOC(=O)[C@@H]1CCCN(S(=O)(=O)c2c(C)nn(-c3ccccc3)c2C)C1. The molecule has 0 aliphatic carbocycles. The largest absolute Gasteiger partial charge is 0.466 e. The number of para-hydroxylation sites is 1. The predicted molar refractivity (Wildman–Crippen MR) is 101 cm³/mol. The van der Waals surface area contributed by atoms with Gasteiger partial charge in [0.2, 0.25) is 10.0 Å². The lowest BCUT2D eigenvalue weighted by Crippen LogP contribution is -2.43. The van der Waals surface area contributed by atoms with Crippen LogP contribution in [0.2, 0.25) is 0 Å². The summed E-state index contributed by atoms with van der Waals surface area (Å²) in [5.74, 6) is -0.746. The minimum Gasteiger partial charge on any atom is -0.466 e. The van der Waals surface area contributed by atoms with Crippen molar-refractivity contribution in [3.8, 4) is 5.69 Å². The van der Waals surface area contributed by atoms with Gasteiger partial charge in [-0.1, -0.05) is 18.2 Å². The lowest BCUT2D eigenvalue weighted by molar-refractivity contribution is -0.149. The Kier molecular flexibility index (Phi) is 5.67. The van der Waals surface area contributed by atoms with E-state index in [-0.39, 0.29) is 17.4 Å². The molecule has 146 valence electrons. The number of carbonyl (C=O) groups is 1. The van der Waals surface area contributed by atoms with Crippen molar-refractivity contribution in [1.29, 1.82) is 0 Å². The molecule has 0 spiro atoms. The zero-order valence-corrected chi connectivity index (χ0v) is 16.7. The summed E-state index contributed by atoms with van der Waals surface area (Å²) in [6.07, 6.45) is 1.28. The van der Waals surface area contributed by atoms with Gasteiger partial charge in [-0.15, -0.1) is 0 Å². The van der Waals surface area contributed by atoms with Gasteiger partial charge in [0, 0.05) is 13.1 Å². The second-order valence-electron chi connectivity index (χ2n) is 6.70. The summed E-state index contributed by atoms with van der Waals surface area (Å²) in [6, 6.07) is 9.43. The molecule has 0 radical (unpaired) electrons. The molecule has 0 saturated carbocycles. The van der Waals surface area contributed by atoms with Crippen molar-refractivity contribution in [2.24, 2.45) is 5.92 Å². The highest BCUT2D eigenvalue weighted by Gasteiger charge is 2.37. The van der Waals surface area contributed by atoms with Crippen molar-refractivity contribution in [3.63, 3.8) is 0 Å². The fourth-order valence-electron chi connectivity index (χ4n) is 3.56. The van der Waals surface area contributed by atoms with Gasteiger partial charge in [-0.3, -0.25) is 4.79 Å². The van der Waals surface area contributed by atoms with Gasteiger partial charge in [0.25, 0.3) is 0 Å². The zero-order valence-electron chi connectivity index (χ0n) is 15.9. The fraction of sp³-hybridized carbons (Fsp3) is 0.474. The van der Waals surface area contributed by atoms with Crippen LogP contribution in [0.5, 0.6) is 0 Å². The minimum atomic E-state index is -3.75. The first-order chi connectivity index (χ1) is 12.9. The van der Waals surface area contributed by atoms with Crippen LogP contribution in [-0.4, -0.2) is 48.2 Å². The number of sulfonamides is 1. The van der Waals surface area contributed by atoms with Crippen LogP contribution in [0.4, 0.5) is 0 Å². The van der Waals surface area contributed by atoms with Crippen LogP contribution in [-0.2, 0) is 19.6 Å². The van der Waals surface area contributed by atoms with E-state index >= 15 is 0 Å². The first-order valence-electron chi connectivity index (χ1n) is 9.14. The summed E-state index contributed by atoms with van der Waals surface area (Å²) < 4.78 is 34.8. The Morgan fingerprint density at radius 2 is 1.96 bits per heavy atom. The molecule has 1 aromatic heterocycles. The van der Waals surface area contributed by atoms with Crippen LogP contribution in [0.25, 0.3) is 5.69 Å². The average Bonchev–Trinajstić information content (AvgIpc) is 2.97. The Morgan fingerprint density at radius 3 is 2.63 bits per heavy atom. The summed E-state index contributed by atoms with van der Waals surface area (Å²) in [5, 5.41) is 4.44. The van der Waals surface area contributed by atoms with E-state index in [9.17, 15) is 13.2 Å². The van der Waals surface area contributed by atoms with Crippen molar-refractivity contribution in [2.45, 2.75) is 38.5 Å². The Morgan fingerprint density at radius 1 is 1.26 bits per heavy atom. The van der Waals surface area contributed by atoms with Gasteiger partial charge >= 0.3 is 5.97 Å². The minimum absolute atomic E-state index is 0.149. The van der Waals surface area contributed by atoms with Crippen LogP contribution in [0.1, 0.15) is 31.2 Å². The highest BCUT2D eigenvalue weighted by atomic mass is 32.2. The Labute approximate surface area is 160 Å². The van der Waals surface area contributed by atoms with Crippen LogP contribution in [0, 0.1) is 19.8 Å². The Bertz CT molecular complexity index is 922. The number of aryl methyl sites for hydroxylation is 1. The van der Waals surface area contributed by atoms with E-state index in [2.05, 4.69) is 5.10 Å². The van der Waals surface area contributed by atoms with Crippen molar-refractivity contribution in [1.82, 2.24) is 14.1 Å².